The Morgan fingerprint density at radius 2 is 1.90 bits per heavy atom. The van der Waals surface area contributed by atoms with Crippen LogP contribution in [0.2, 0.25) is 0 Å². The van der Waals surface area contributed by atoms with Crippen LogP contribution in [-0.4, -0.2) is 43.2 Å². The molecule has 0 spiro atoms. The number of rotatable bonds is 7. The first-order chi connectivity index (χ1) is 14.0. The number of carbonyl (C=O) groups is 1. The van der Waals surface area contributed by atoms with Gasteiger partial charge in [-0.2, -0.15) is 4.31 Å². The molecular weight excluding hydrogens is 446 g/mol. The highest BCUT2D eigenvalue weighted by atomic mass is 32.2. The molecule has 4 rings (SSSR count). The van der Waals surface area contributed by atoms with Crippen molar-refractivity contribution < 1.29 is 13.2 Å². The van der Waals surface area contributed by atoms with Crippen LogP contribution in [0.4, 0.5) is 0 Å². The third-order valence-corrected chi connectivity index (χ3v) is 10.1. The predicted molar refractivity (Wildman–Crippen MR) is 118 cm³/mol. The van der Waals surface area contributed by atoms with Gasteiger partial charge in [0.2, 0.25) is 5.91 Å². The summed E-state index contributed by atoms with van der Waals surface area (Å²) in [6, 6.07) is 7.43. The SMILES string of the molecule is O=C(NCCc1csc(-c2cccs2)n1)C1CCN(S(=O)(=O)c2cccs2)CC1. The summed E-state index contributed by atoms with van der Waals surface area (Å²) < 4.78 is 27.0. The first-order valence-corrected chi connectivity index (χ1v) is 13.4. The van der Waals surface area contributed by atoms with Crippen molar-refractivity contribution in [2.24, 2.45) is 5.92 Å². The maximum Gasteiger partial charge on any atom is 0.252 e. The lowest BCUT2D eigenvalue weighted by atomic mass is 9.97. The summed E-state index contributed by atoms with van der Waals surface area (Å²) in [5.41, 5.74) is 0.982. The summed E-state index contributed by atoms with van der Waals surface area (Å²) >= 11 is 4.52. The number of sulfonamides is 1. The second-order valence-corrected chi connectivity index (χ2v) is 11.7. The fourth-order valence-electron chi connectivity index (χ4n) is 3.29. The highest BCUT2D eigenvalue weighted by Gasteiger charge is 2.32. The molecular formula is C19H21N3O3S4. The number of thiazole rings is 1. The predicted octanol–water partition coefficient (Wildman–Crippen LogP) is 3.69. The number of aromatic nitrogens is 1. The molecule has 10 heteroatoms. The van der Waals surface area contributed by atoms with E-state index in [-0.39, 0.29) is 11.8 Å². The van der Waals surface area contributed by atoms with Gasteiger partial charge in [-0.15, -0.1) is 34.0 Å². The molecule has 154 valence electrons. The Morgan fingerprint density at radius 3 is 2.59 bits per heavy atom. The Hall–Kier alpha value is -1.59. The van der Waals surface area contributed by atoms with Crippen molar-refractivity contribution in [3.05, 3.63) is 46.1 Å². The van der Waals surface area contributed by atoms with E-state index in [9.17, 15) is 13.2 Å². The minimum absolute atomic E-state index is 0.00637. The number of hydrogen-bond donors (Lipinski definition) is 1. The number of nitrogens with one attached hydrogen (secondary N) is 1. The molecule has 0 radical (unpaired) electrons. The molecule has 0 saturated carbocycles. The van der Waals surface area contributed by atoms with Crippen molar-refractivity contribution in [2.45, 2.75) is 23.5 Å². The molecule has 0 unspecified atom stereocenters. The van der Waals surface area contributed by atoms with Gasteiger partial charge in [0.25, 0.3) is 10.0 Å². The van der Waals surface area contributed by atoms with Crippen LogP contribution in [0, 0.1) is 5.92 Å². The van der Waals surface area contributed by atoms with E-state index in [1.165, 1.54) is 15.6 Å². The van der Waals surface area contributed by atoms with Gasteiger partial charge in [0.15, 0.2) is 0 Å². The average molecular weight is 468 g/mol. The molecule has 3 aromatic rings. The van der Waals surface area contributed by atoms with Crippen molar-refractivity contribution >= 4 is 49.9 Å². The molecule has 1 fully saturated rings. The molecule has 6 nitrogen and oxygen atoms in total. The van der Waals surface area contributed by atoms with Crippen molar-refractivity contribution in [3.8, 4) is 9.88 Å². The summed E-state index contributed by atoms with van der Waals surface area (Å²) in [6.45, 7) is 1.31. The monoisotopic (exact) mass is 467 g/mol. The quantitative estimate of drug-likeness (QED) is 0.575. The summed E-state index contributed by atoms with van der Waals surface area (Å²) in [5, 5.41) is 9.84. The molecule has 1 aliphatic heterocycles. The maximum absolute atomic E-state index is 12.6. The van der Waals surface area contributed by atoms with Crippen LogP contribution in [0.3, 0.4) is 0 Å². The van der Waals surface area contributed by atoms with Crippen molar-refractivity contribution in [1.29, 1.82) is 0 Å². The van der Waals surface area contributed by atoms with Gasteiger partial charge in [-0.05, 0) is 35.7 Å². The van der Waals surface area contributed by atoms with Crippen LogP contribution in [0.1, 0.15) is 18.5 Å². The van der Waals surface area contributed by atoms with Gasteiger partial charge >= 0.3 is 0 Å². The zero-order chi connectivity index (χ0) is 20.3. The van der Waals surface area contributed by atoms with E-state index in [2.05, 4.69) is 16.4 Å². The summed E-state index contributed by atoms with van der Waals surface area (Å²) in [7, 11) is -3.42. The first-order valence-electron chi connectivity index (χ1n) is 9.33. The topological polar surface area (TPSA) is 79.4 Å². The normalized spacial score (nSPS) is 16.1. The standard InChI is InChI=1S/C19H21N3O3S4/c23-18(20-8-5-15-13-28-19(21-15)16-3-1-11-26-16)14-6-9-22(10-7-14)29(24,25)17-4-2-12-27-17/h1-4,11-14H,5-10H2,(H,20,23). The Morgan fingerprint density at radius 1 is 1.14 bits per heavy atom. The van der Waals surface area contributed by atoms with Gasteiger partial charge in [0.05, 0.1) is 10.6 Å². The van der Waals surface area contributed by atoms with Crippen molar-refractivity contribution in [2.75, 3.05) is 19.6 Å². The molecule has 1 amide bonds. The summed E-state index contributed by atoms with van der Waals surface area (Å²) in [5.74, 6) is -0.131. The van der Waals surface area contributed by atoms with E-state index < -0.39 is 10.0 Å². The lowest BCUT2D eigenvalue weighted by Gasteiger charge is -2.30. The molecule has 1 N–H and O–H groups in total. The van der Waals surface area contributed by atoms with E-state index in [4.69, 9.17) is 0 Å². The molecule has 0 atom stereocenters. The Labute approximate surface area is 182 Å². The molecule has 0 aromatic carbocycles. The first kappa shape index (κ1) is 20.7. The van der Waals surface area contributed by atoms with Crippen molar-refractivity contribution in [1.82, 2.24) is 14.6 Å². The van der Waals surface area contributed by atoms with Gasteiger partial charge in [0.1, 0.15) is 9.22 Å². The fraction of sp³-hybridized carbons (Fsp3) is 0.368. The Kier molecular flexibility index (Phi) is 6.45. The van der Waals surface area contributed by atoms with Gasteiger partial charge in [-0.25, -0.2) is 13.4 Å². The number of nitrogens with zero attached hydrogens (tertiary/aromatic N) is 2. The average Bonchev–Trinajstić information content (AvgIpc) is 3.50. The lowest BCUT2D eigenvalue weighted by Crippen LogP contribution is -2.43. The molecule has 0 aliphatic carbocycles. The van der Waals surface area contributed by atoms with E-state index >= 15 is 0 Å². The molecule has 1 aliphatic rings. The molecule has 0 bridgehead atoms. The van der Waals surface area contributed by atoms with Gasteiger partial charge in [-0.3, -0.25) is 4.79 Å². The number of carbonyl (C=O) groups excluding carboxylic acids is 1. The highest BCUT2D eigenvalue weighted by molar-refractivity contribution is 7.91. The summed E-state index contributed by atoms with van der Waals surface area (Å²) in [4.78, 5) is 18.3. The van der Waals surface area contributed by atoms with Gasteiger partial charge in [-0.1, -0.05) is 12.1 Å². The van der Waals surface area contributed by atoms with Crippen LogP contribution in [0.25, 0.3) is 9.88 Å². The van der Waals surface area contributed by atoms with Crippen LogP contribution in [0.5, 0.6) is 0 Å². The Balaban J connectivity index is 1.23. The zero-order valence-corrected chi connectivity index (χ0v) is 18.9. The van der Waals surface area contributed by atoms with Crippen LogP contribution < -0.4 is 5.32 Å². The summed E-state index contributed by atoms with van der Waals surface area (Å²) in [6.07, 6.45) is 1.80. The van der Waals surface area contributed by atoms with Gasteiger partial charge < -0.3 is 5.32 Å². The van der Waals surface area contributed by atoms with Crippen molar-refractivity contribution in [3.63, 3.8) is 0 Å². The van der Waals surface area contributed by atoms with Crippen LogP contribution in [-0.2, 0) is 21.2 Å². The second kappa shape index (κ2) is 9.05. The second-order valence-electron chi connectivity index (χ2n) is 6.77. The molecule has 4 heterocycles. The third kappa shape index (κ3) is 4.77. The van der Waals surface area contributed by atoms with E-state index in [1.807, 2.05) is 16.8 Å². The maximum atomic E-state index is 12.6. The zero-order valence-electron chi connectivity index (χ0n) is 15.6. The molecule has 3 aromatic heterocycles. The number of piperidine rings is 1. The minimum atomic E-state index is -3.42. The minimum Gasteiger partial charge on any atom is -0.355 e. The van der Waals surface area contributed by atoms with E-state index in [0.717, 1.165) is 15.6 Å². The van der Waals surface area contributed by atoms with Gasteiger partial charge in [0, 0.05) is 37.4 Å². The number of amides is 1. The van der Waals surface area contributed by atoms with Crippen LogP contribution >= 0.6 is 34.0 Å². The largest absolute Gasteiger partial charge is 0.355 e. The highest BCUT2D eigenvalue weighted by Crippen LogP contribution is 2.28. The van der Waals surface area contributed by atoms with E-state index in [1.54, 1.807) is 40.2 Å². The van der Waals surface area contributed by atoms with E-state index in [0.29, 0.717) is 43.1 Å². The molecule has 1 saturated heterocycles. The third-order valence-electron chi connectivity index (χ3n) is 4.88. The van der Waals surface area contributed by atoms with Crippen LogP contribution in [0.15, 0.2) is 44.6 Å². The number of thiophene rings is 2. The molecule has 29 heavy (non-hydrogen) atoms. The fourth-order valence-corrected chi connectivity index (χ4v) is 7.57. The smallest absolute Gasteiger partial charge is 0.252 e. The Bertz CT molecular complexity index is 1030. The lowest BCUT2D eigenvalue weighted by molar-refractivity contribution is -0.126. The number of hydrogen-bond acceptors (Lipinski definition) is 7.